The Labute approximate surface area is 125 Å². The van der Waals surface area contributed by atoms with Gasteiger partial charge in [0.1, 0.15) is 4.90 Å². The van der Waals surface area contributed by atoms with Gasteiger partial charge < -0.3 is 10.5 Å². The molecular weight excluding hydrogens is 294 g/mol. The molecule has 120 valence electrons. The smallest absolute Gasteiger partial charge is 0.246 e. The highest BCUT2D eigenvalue weighted by molar-refractivity contribution is 7.89. The van der Waals surface area contributed by atoms with Crippen LogP contribution in [-0.4, -0.2) is 55.1 Å². The highest BCUT2D eigenvalue weighted by Crippen LogP contribution is 2.23. The number of nitrogens with zero attached hydrogens (tertiary/aromatic N) is 3. The summed E-state index contributed by atoms with van der Waals surface area (Å²) in [5, 5.41) is 11.4. The summed E-state index contributed by atoms with van der Waals surface area (Å²) in [6.45, 7) is 4.01. The maximum Gasteiger partial charge on any atom is 0.246 e. The van der Waals surface area contributed by atoms with Crippen LogP contribution in [0.25, 0.3) is 0 Å². The van der Waals surface area contributed by atoms with Crippen molar-refractivity contribution in [3.63, 3.8) is 0 Å². The molecule has 21 heavy (non-hydrogen) atoms. The summed E-state index contributed by atoms with van der Waals surface area (Å²) < 4.78 is 33.4. The zero-order chi connectivity index (χ0) is 16.2. The predicted octanol–water partition coefficient (Wildman–Crippen LogP) is 0.000110. The molecule has 1 aromatic heterocycles. The molecule has 8 nitrogen and oxygen atoms in total. The van der Waals surface area contributed by atoms with E-state index in [0.717, 1.165) is 0 Å². The van der Waals surface area contributed by atoms with E-state index in [-0.39, 0.29) is 36.8 Å². The Kier molecular flexibility index (Phi) is 5.87. The molecule has 0 saturated heterocycles. The van der Waals surface area contributed by atoms with Crippen molar-refractivity contribution in [1.29, 1.82) is 5.41 Å². The molecule has 0 aliphatic carbocycles. The molecule has 0 aliphatic heterocycles. The molecule has 9 heteroatoms. The number of nitrogens with one attached hydrogen (secondary N) is 1. The highest BCUT2D eigenvalue weighted by Gasteiger charge is 2.30. The summed E-state index contributed by atoms with van der Waals surface area (Å²) in [6.07, 6.45) is 0.182. The number of hydrogen-bond donors (Lipinski definition) is 2. The van der Waals surface area contributed by atoms with Gasteiger partial charge in [0.05, 0.1) is 23.8 Å². The topological polar surface area (TPSA) is 114 Å². The zero-order valence-corrected chi connectivity index (χ0v) is 13.7. The van der Waals surface area contributed by atoms with Crippen molar-refractivity contribution in [2.75, 3.05) is 26.8 Å². The van der Waals surface area contributed by atoms with Crippen molar-refractivity contribution < 1.29 is 13.2 Å². The van der Waals surface area contributed by atoms with Crippen LogP contribution >= 0.6 is 0 Å². The van der Waals surface area contributed by atoms with E-state index in [1.807, 2.05) is 0 Å². The Hall–Kier alpha value is -1.45. The molecule has 0 radical (unpaired) electrons. The molecule has 0 aliphatic rings. The van der Waals surface area contributed by atoms with Crippen molar-refractivity contribution in [2.24, 2.45) is 12.8 Å². The summed E-state index contributed by atoms with van der Waals surface area (Å²) in [7, 11) is -0.477. The fraction of sp³-hybridized carbons (Fsp3) is 0.667. The lowest BCUT2D eigenvalue weighted by atomic mass is 10.4. The zero-order valence-electron chi connectivity index (χ0n) is 12.9. The van der Waals surface area contributed by atoms with Crippen LogP contribution in [0.2, 0.25) is 0 Å². The van der Waals surface area contributed by atoms with E-state index in [4.69, 9.17) is 15.9 Å². The minimum absolute atomic E-state index is 0.0488. The Bertz CT molecular complexity index is 609. The highest BCUT2D eigenvalue weighted by atomic mass is 32.2. The number of rotatable bonds is 8. The Morgan fingerprint density at radius 2 is 2.05 bits per heavy atom. The largest absolute Gasteiger partial charge is 0.388 e. The van der Waals surface area contributed by atoms with Crippen LogP contribution < -0.4 is 5.73 Å². The summed E-state index contributed by atoms with van der Waals surface area (Å²) in [6, 6.07) is 0. The summed E-state index contributed by atoms with van der Waals surface area (Å²) in [5.41, 5.74) is 6.37. The molecule has 0 unspecified atom stereocenters. The third kappa shape index (κ3) is 4.02. The average molecular weight is 317 g/mol. The van der Waals surface area contributed by atoms with E-state index in [9.17, 15) is 8.42 Å². The fourth-order valence-electron chi connectivity index (χ4n) is 2.05. The minimum atomic E-state index is -3.69. The Morgan fingerprint density at radius 3 is 2.48 bits per heavy atom. The molecule has 1 heterocycles. The molecule has 0 amide bonds. The molecule has 0 spiro atoms. The first kappa shape index (κ1) is 17.6. The average Bonchev–Trinajstić information content (AvgIpc) is 2.62. The van der Waals surface area contributed by atoms with Gasteiger partial charge in [0, 0.05) is 33.7 Å². The van der Waals surface area contributed by atoms with E-state index in [1.54, 1.807) is 25.6 Å². The van der Waals surface area contributed by atoms with Gasteiger partial charge in [-0.05, 0) is 13.8 Å². The normalized spacial score (nSPS) is 12.0. The van der Waals surface area contributed by atoms with E-state index in [2.05, 4.69) is 5.10 Å². The van der Waals surface area contributed by atoms with Crippen LogP contribution in [0.4, 0.5) is 0 Å². The SMILES string of the molecule is COCCN(CCC(=N)N)S(=O)(=O)c1c(C)nn(C)c1C. The van der Waals surface area contributed by atoms with Crippen LogP contribution in [0.15, 0.2) is 4.90 Å². The molecule has 1 rings (SSSR count). The van der Waals surface area contributed by atoms with Gasteiger partial charge in [-0.1, -0.05) is 0 Å². The Balaban J connectivity index is 3.16. The maximum absolute atomic E-state index is 12.8. The number of aromatic nitrogens is 2. The molecule has 0 atom stereocenters. The van der Waals surface area contributed by atoms with E-state index in [1.165, 1.54) is 11.4 Å². The van der Waals surface area contributed by atoms with Gasteiger partial charge in [0.2, 0.25) is 10.0 Å². The standard InChI is InChI=1S/C12H23N5O3S/c1-9-12(10(2)16(3)15-9)21(18,19)17(7-8-20-4)6-5-11(13)14/h5-8H2,1-4H3,(H3,13,14). The van der Waals surface area contributed by atoms with Gasteiger partial charge in [0.25, 0.3) is 0 Å². The molecule has 1 aromatic rings. The van der Waals surface area contributed by atoms with Crippen molar-refractivity contribution in [3.8, 4) is 0 Å². The van der Waals surface area contributed by atoms with Gasteiger partial charge >= 0.3 is 0 Å². The van der Waals surface area contributed by atoms with E-state index in [0.29, 0.717) is 11.4 Å². The molecular formula is C12H23N5O3S. The van der Waals surface area contributed by atoms with Crippen LogP contribution in [0.3, 0.4) is 0 Å². The lowest BCUT2D eigenvalue weighted by molar-refractivity contribution is 0.179. The van der Waals surface area contributed by atoms with Gasteiger partial charge in [-0.2, -0.15) is 9.40 Å². The van der Waals surface area contributed by atoms with E-state index < -0.39 is 10.0 Å². The molecule has 0 aromatic carbocycles. The maximum atomic E-state index is 12.8. The number of hydrogen-bond acceptors (Lipinski definition) is 5. The lowest BCUT2D eigenvalue weighted by Gasteiger charge is -2.21. The summed E-state index contributed by atoms with van der Waals surface area (Å²) in [4.78, 5) is 0.213. The number of nitrogens with two attached hydrogens (primary N) is 1. The molecule has 0 fully saturated rings. The number of sulfonamides is 1. The fourth-order valence-corrected chi connectivity index (χ4v) is 3.87. The van der Waals surface area contributed by atoms with Crippen molar-refractivity contribution in [1.82, 2.24) is 14.1 Å². The van der Waals surface area contributed by atoms with Gasteiger partial charge in [-0.15, -0.1) is 0 Å². The first-order chi connectivity index (χ1) is 9.71. The number of ether oxygens (including phenoxy) is 1. The predicted molar refractivity (Wildman–Crippen MR) is 79.8 cm³/mol. The molecule has 3 N–H and O–H groups in total. The Morgan fingerprint density at radius 1 is 1.43 bits per heavy atom. The molecule has 0 saturated carbocycles. The lowest BCUT2D eigenvalue weighted by Crippen LogP contribution is -2.36. The van der Waals surface area contributed by atoms with Gasteiger partial charge in [-0.3, -0.25) is 10.1 Å². The van der Waals surface area contributed by atoms with Crippen molar-refractivity contribution >= 4 is 15.9 Å². The third-order valence-corrected chi connectivity index (χ3v) is 5.37. The first-order valence-corrected chi connectivity index (χ1v) is 7.98. The van der Waals surface area contributed by atoms with Crippen LogP contribution in [-0.2, 0) is 21.8 Å². The molecule has 0 bridgehead atoms. The third-order valence-electron chi connectivity index (χ3n) is 3.22. The van der Waals surface area contributed by atoms with Crippen LogP contribution in [0, 0.1) is 19.3 Å². The second kappa shape index (κ2) is 7.01. The van der Waals surface area contributed by atoms with Gasteiger partial charge in [0.15, 0.2) is 0 Å². The second-order valence-electron chi connectivity index (χ2n) is 4.80. The van der Waals surface area contributed by atoms with E-state index >= 15 is 0 Å². The summed E-state index contributed by atoms with van der Waals surface area (Å²) in [5.74, 6) is -0.0488. The number of methoxy groups -OCH3 is 1. The van der Waals surface area contributed by atoms with Crippen LogP contribution in [0.1, 0.15) is 17.8 Å². The quantitative estimate of drug-likeness (QED) is 0.517. The number of aryl methyl sites for hydroxylation is 2. The number of amidine groups is 1. The van der Waals surface area contributed by atoms with Crippen molar-refractivity contribution in [2.45, 2.75) is 25.2 Å². The summed E-state index contributed by atoms with van der Waals surface area (Å²) >= 11 is 0. The minimum Gasteiger partial charge on any atom is -0.388 e. The van der Waals surface area contributed by atoms with Crippen molar-refractivity contribution in [3.05, 3.63) is 11.4 Å². The van der Waals surface area contributed by atoms with Crippen LogP contribution in [0.5, 0.6) is 0 Å². The monoisotopic (exact) mass is 317 g/mol. The second-order valence-corrected chi connectivity index (χ2v) is 6.67. The van der Waals surface area contributed by atoms with Gasteiger partial charge in [-0.25, -0.2) is 8.42 Å². The first-order valence-electron chi connectivity index (χ1n) is 6.54.